The summed E-state index contributed by atoms with van der Waals surface area (Å²) in [6.45, 7) is -0.681. The standard InChI is InChI=1S/C18H10BrF2N3O5S/c19-11-3-1-9(5-14(11)24(28)29)6-15-17(26)23(18(27)30-15)8-16(25)22-13-4-2-10(20)7-12(13)21/h1-7H,8H2,(H,22,25)/b15-6-. The second-order valence-corrected chi connectivity index (χ2v) is 7.76. The van der Waals surface area contributed by atoms with Gasteiger partial charge in [-0.15, -0.1) is 0 Å². The number of nitro benzene ring substituents is 1. The Kier molecular flexibility index (Phi) is 6.27. The van der Waals surface area contributed by atoms with E-state index in [4.69, 9.17) is 0 Å². The number of carbonyl (C=O) groups excluding carboxylic acids is 3. The van der Waals surface area contributed by atoms with Crippen molar-refractivity contribution in [1.82, 2.24) is 4.90 Å². The van der Waals surface area contributed by atoms with Crippen LogP contribution in [-0.4, -0.2) is 33.4 Å². The summed E-state index contributed by atoms with van der Waals surface area (Å²) < 4.78 is 26.8. The Morgan fingerprint density at radius 2 is 1.97 bits per heavy atom. The van der Waals surface area contributed by atoms with Crippen molar-refractivity contribution < 1.29 is 28.1 Å². The van der Waals surface area contributed by atoms with Gasteiger partial charge in [0.25, 0.3) is 16.8 Å². The molecule has 8 nitrogen and oxygen atoms in total. The van der Waals surface area contributed by atoms with Gasteiger partial charge in [0.2, 0.25) is 5.91 Å². The lowest BCUT2D eigenvalue weighted by Gasteiger charge is -2.12. The molecule has 1 saturated heterocycles. The molecule has 1 fully saturated rings. The highest BCUT2D eigenvalue weighted by Crippen LogP contribution is 2.33. The molecule has 0 bridgehead atoms. The molecule has 0 radical (unpaired) electrons. The third-order valence-corrected chi connectivity index (χ3v) is 5.42. The zero-order valence-corrected chi connectivity index (χ0v) is 17.1. The molecule has 1 heterocycles. The van der Waals surface area contributed by atoms with Crippen LogP contribution in [0.4, 0.5) is 25.0 Å². The Balaban J connectivity index is 1.74. The number of hydrogen-bond acceptors (Lipinski definition) is 6. The Morgan fingerprint density at radius 1 is 1.23 bits per heavy atom. The molecular formula is C18H10BrF2N3O5S. The van der Waals surface area contributed by atoms with Crippen LogP contribution in [0.2, 0.25) is 0 Å². The fourth-order valence-electron chi connectivity index (χ4n) is 2.47. The predicted molar refractivity (Wildman–Crippen MR) is 108 cm³/mol. The van der Waals surface area contributed by atoms with Crippen molar-refractivity contribution in [2.75, 3.05) is 11.9 Å². The van der Waals surface area contributed by atoms with Crippen LogP contribution in [-0.2, 0) is 9.59 Å². The molecule has 154 valence electrons. The van der Waals surface area contributed by atoms with Crippen molar-refractivity contribution in [2.45, 2.75) is 0 Å². The summed E-state index contributed by atoms with van der Waals surface area (Å²) in [6.07, 6.45) is 1.29. The lowest BCUT2D eigenvalue weighted by atomic mass is 10.2. The Labute approximate surface area is 180 Å². The molecule has 0 aliphatic carbocycles. The first-order valence-corrected chi connectivity index (χ1v) is 9.71. The molecule has 1 aliphatic heterocycles. The van der Waals surface area contributed by atoms with Crippen LogP contribution in [0.15, 0.2) is 45.8 Å². The first-order chi connectivity index (χ1) is 14.2. The van der Waals surface area contributed by atoms with E-state index in [-0.39, 0.29) is 20.8 Å². The first kappa shape index (κ1) is 21.6. The van der Waals surface area contributed by atoms with Gasteiger partial charge in [-0.3, -0.25) is 29.4 Å². The van der Waals surface area contributed by atoms with E-state index in [0.29, 0.717) is 28.3 Å². The van der Waals surface area contributed by atoms with E-state index in [1.54, 1.807) is 0 Å². The maximum absolute atomic E-state index is 13.6. The fraction of sp³-hybridized carbons (Fsp3) is 0.0556. The smallest absolute Gasteiger partial charge is 0.294 e. The predicted octanol–water partition coefficient (Wildman–Crippen LogP) is 4.31. The number of nitrogens with one attached hydrogen (secondary N) is 1. The van der Waals surface area contributed by atoms with Crippen molar-refractivity contribution in [3.63, 3.8) is 0 Å². The van der Waals surface area contributed by atoms with E-state index in [9.17, 15) is 33.3 Å². The summed E-state index contributed by atoms with van der Waals surface area (Å²) in [5.74, 6) is -3.46. The minimum Gasteiger partial charge on any atom is -0.322 e. The van der Waals surface area contributed by atoms with E-state index in [1.807, 2.05) is 0 Å². The zero-order chi connectivity index (χ0) is 22.0. The highest BCUT2D eigenvalue weighted by Gasteiger charge is 2.36. The lowest BCUT2D eigenvalue weighted by Crippen LogP contribution is -2.36. The van der Waals surface area contributed by atoms with Crippen LogP contribution in [0.5, 0.6) is 0 Å². The van der Waals surface area contributed by atoms with Crippen molar-refractivity contribution >= 4 is 62.2 Å². The molecule has 1 N–H and O–H groups in total. The lowest BCUT2D eigenvalue weighted by molar-refractivity contribution is -0.385. The van der Waals surface area contributed by atoms with E-state index < -0.39 is 40.2 Å². The van der Waals surface area contributed by atoms with Crippen molar-refractivity contribution in [2.24, 2.45) is 0 Å². The molecule has 1 aliphatic rings. The molecule has 2 aromatic carbocycles. The molecular weight excluding hydrogens is 488 g/mol. The van der Waals surface area contributed by atoms with Crippen molar-refractivity contribution in [1.29, 1.82) is 0 Å². The topological polar surface area (TPSA) is 110 Å². The molecule has 0 spiro atoms. The van der Waals surface area contributed by atoms with Gasteiger partial charge in [-0.05, 0) is 57.5 Å². The van der Waals surface area contributed by atoms with Crippen LogP contribution in [0.3, 0.4) is 0 Å². The molecule has 3 amide bonds. The number of amides is 3. The summed E-state index contributed by atoms with van der Waals surface area (Å²) >= 11 is 3.61. The number of carbonyl (C=O) groups is 3. The van der Waals surface area contributed by atoms with Gasteiger partial charge in [0, 0.05) is 12.1 Å². The maximum atomic E-state index is 13.6. The summed E-state index contributed by atoms with van der Waals surface area (Å²) in [7, 11) is 0. The number of anilines is 1. The van der Waals surface area contributed by atoms with E-state index in [0.717, 1.165) is 12.1 Å². The first-order valence-electron chi connectivity index (χ1n) is 8.10. The number of hydrogen-bond donors (Lipinski definition) is 1. The third-order valence-electron chi connectivity index (χ3n) is 3.85. The Hall–Kier alpha value is -3.12. The average Bonchev–Trinajstić information content (AvgIpc) is 2.92. The molecule has 0 saturated carbocycles. The molecule has 12 heteroatoms. The molecule has 0 aromatic heterocycles. The summed E-state index contributed by atoms with van der Waals surface area (Å²) in [5, 5.41) is 12.5. The normalized spacial score (nSPS) is 15.0. The van der Waals surface area contributed by atoms with Gasteiger partial charge in [0.05, 0.1) is 20.0 Å². The molecule has 30 heavy (non-hydrogen) atoms. The fourth-order valence-corrected chi connectivity index (χ4v) is 3.70. The van der Waals surface area contributed by atoms with E-state index >= 15 is 0 Å². The molecule has 0 atom stereocenters. The van der Waals surface area contributed by atoms with Gasteiger partial charge in [-0.2, -0.15) is 0 Å². The van der Waals surface area contributed by atoms with Gasteiger partial charge in [-0.25, -0.2) is 8.78 Å². The van der Waals surface area contributed by atoms with Crippen molar-refractivity contribution in [3.8, 4) is 0 Å². The molecule has 2 aromatic rings. The minimum atomic E-state index is -1.01. The molecule has 0 unspecified atom stereocenters. The maximum Gasteiger partial charge on any atom is 0.294 e. The minimum absolute atomic E-state index is 0.0302. The van der Waals surface area contributed by atoms with Crippen molar-refractivity contribution in [3.05, 3.63) is 73.1 Å². The Bertz CT molecular complexity index is 1120. The zero-order valence-electron chi connectivity index (χ0n) is 14.7. The highest BCUT2D eigenvalue weighted by atomic mass is 79.9. The van der Waals surface area contributed by atoms with Gasteiger partial charge in [0.15, 0.2) is 0 Å². The van der Waals surface area contributed by atoms with Gasteiger partial charge in [0.1, 0.15) is 18.2 Å². The van der Waals surface area contributed by atoms with E-state index in [1.165, 1.54) is 24.3 Å². The number of rotatable bonds is 5. The number of imide groups is 1. The largest absolute Gasteiger partial charge is 0.322 e. The average molecular weight is 498 g/mol. The van der Waals surface area contributed by atoms with Crippen LogP contribution < -0.4 is 5.32 Å². The van der Waals surface area contributed by atoms with Crippen LogP contribution >= 0.6 is 27.7 Å². The van der Waals surface area contributed by atoms with Crippen LogP contribution in [0, 0.1) is 21.7 Å². The summed E-state index contributed by atoms with van der Waals surface area (Å²) in [4.78, 5) is 47.7. The third kappa shape index (κ3) is 4.71. The quantitative estimate of drug-likeness (QED) is 0.374. The highest BCUT2D eigenvalue weighted by molar-refractivity contribution is 9.10. The number of halogens is 3. The van der Waals surface area contributed by atoms with Gasteiger partial charge in [-0.1, -0.05) is 6.07 Å². The summed E-state index contributed by atoms with van der Waals surface area (Å²) in [6, 6.07) is 6.70. The van der Waals surface area contributed by atoms with Crippen LogP contribution in [0.1, 0.15) is 5.56 Å². The van der Waals surface area contributed by atoms with Crippen LogP contribution in [0.25, 0.3) is 6.08 Å². The number of thioether (sulfide) groups is 1. The second-order valence-electron chi connectivity index (χ2n) is 5.91. The number of nitrogens with zero attached hydrogens (tertiary/aromatic N) is 2. The van der Waals surface area contributed by atoms with Gasteiger partial charge < -0.3 is 5.32 Å². The second kappa shape index (κ2) is 8.71. The number of benzene rings is 2. The molecule has 3 rings (SSSR count). The number of nitro groups is 1. The SMILES string of the molecule is O=C(CN1C(=O)S/C(=C\c2ccc(Br)c([N+](=O)[O-])c2)C1=O)Nc1ccc(F)cc1F. The monoisotopic (exact) mass is 497 g/mol. The van der Waals surface area contributed by atoms with Gasteiger partial charge >= 0.3 is 0 Å². The Morgan fingerprint density at radius 3 is 2.63 bits per heavy atom. The summed E-state index contributed by atoms with van der Waals surface area (Å²) in [5.41, 5.74) is -0.206. The van der Waals surface area contributed by atoms with E-state index in [2.05, 4.69) is 21.2 Å².